The lowest BCUT2D eigenvalue weighted by Gasteiger charge is -2.07. The molecule has 0 fully saturated rings. The van der Waals surface area contributed by atoms with E-state index in [-0.39, 0.29) is 23.4 Å². The van der Waals surface area contributed by atoms with Crippen molar-refractivity contribution in [1.82, 2.24) is 4.98 Å². The Morgan fingerprint density at radius 2 is 2.29 bits per heavy atom. The van der Waals surface area contributed by atoms with Crippen molar-refractivity contribution in [2.45, 2.75) is 19.9 Å². The van der Waals surface area contributed by atoms with Gasteiger partial charge in [-0.3, -0.25) is 4.98 Å². The van der Waals surface area contributed by atoms with Crippen LogP contribution in [-0.2, 0) is 6.54 Å². The summed E-state index contributed by atoms with van der Waals surface area (Å²) in [5.74, 6) is 0. The molecule has 0 saturated heterocycles. The molecule has 0 amide bonds. The summed E-state index contributed by atoms with van der Waals surface area (Å²) in [5.41, 5.74) is 5.65. The van der Waals surface area contributed by atoms with Gasteiger partial charge in [-0.1, -0.05) is 0 Å². The lowest BCUT2D eigenvalue weighted by molar-refractivity contribution is 0.145. The monoisotopic (exact) mass is 197 g/mol. The first-order chi connectivity index (χ1) is 6.60. The van der Waals surface area contributed by atoms with Crippen LogP contribution in [0.3, 0.4) is 0 Å². The topological polar surface area (TPSA) is 62.7 Å². The molecule has 0 spiro atoms. The van der Waals surface area contributed by atoms with Crippen molar-refractivity contribution < 1.29 is 8.78 Å². The number of pyridine rings is 1. The summed E-state index contributed by atoms with van der Waals surface area (Å²) >= 11 is 0. The molecule has 3 nitrogen and oxygen atoms in total. The smallest absolute Gasteiger partial charge is 0.280 e. The zero-order valence-corrected chi connectivity index (χ0v) is 7.59. The maximum absolute atomic E-state index is 12.4. The number of hydrogen-bond donors (Lipinski definition) is 1. The molecule has 5 heteroatoms. The minimum atomic E-state index is -2.67. The van der Waals surface area contributed by atoms with Crippen LogP contribution >= 0.6 is 0 Å². The van der Waals surface area contributed by atoms with Crippen LogP contribution in [0.1, 0.15) is 28.9 Å². The first-order valence-electron chi connectivity index (χ1n) is 3.99. The zero-order valence-electron chi connectivity index (χ0n) is 7.59. The van der Waals surface area contributed by atoms with Crippen LogP contribution in [-0.4, -0.2) is 4.98 Å². The van der Waals surface area contributed by atoms with Crippen LogP contribution in [0.2, 0.25) is 0 Å². The normalized spacial score (nSPS) is 10.3. The second-order valence-corrected chi connectivity index (χ2v) is 2.79. The number of rotatable bonds is 2. The predicted octanol–water partition coefficient (Wildman–Crippen LogP) is 1.66. The number of hydrogen-bond acceptors (Lipinski definition) is 3. The van der Waals surface area contributed by atoms with Crippen LogP contribution in [0.15, 0.2) is 6.07 Å². The number of nitrogens with zero attached hydrogens (tertiary/aromatic N) is 2. The van der Waals surface area contributed by atoms with Gasteiger partial charge in [-0.25, -0.2) is 8.78 Å². The first kappa shape index (κ1) is 10.5. The summed E-state index contributed by atoms with van der Waals surface area (Å²) in [4.78, 5) is 3.67. The van der Waals surface area contributed by atoms with Gasteiger partial charge in [0.05, 0.1) is 17.3 Å². The van der Waals surface area contributed by atoms with Crippen molar-refractivity contribution in [3.05, 3.63) is 28.6 Å². The van der Waals surface area contributed by atoms with E-state index >= 15 is 0 Å². The standard InChI is InChI=1S/C9H9F2N3/c1-5-6(3-12)2-7(4-13)14-8(5)9(10)11/h2,9H,4,13H2,1H3. The molecule has 0 atom stereocenters. The van der Waals surface area contributed by atoms with Gasteiger partial charge in [0.2, 0.25) is 0 Å². The molecule has 74 valence electrons. The second-order valence-electron chi connectivity index (χ2n) is 2.79. The third-order valence-corrected chi connectivity index (χ3v) is 1.90. The first-order valence-corrected chi connectivity index (χ1v) is 3.99. The van der Waals surface area contributed by atoms with Gasteiger partial charge in [-0.15, -0.1) is 0 Å². The lowest BCUT2D eigenvalue weighted by atomic mass is 10.1. The molecular formula is C9H9F2N3. The molecular weight excluding hydrogens is 188 g/mol. The van der Waals surface area contributed by atoms with Crippen molar-refractivity contribution in [2.24, 2.45) is 5.73 Å². The van der Waals surface area contributed by atoms with Gasteiger partial charge in [0, 0.05) is 6.54 Å². The van der Waals surface area contributed by atoms with E-state index < -0.39 is 6.43 Å². The minimum Gasteiger partial charge on any atom is -0.325 e. The molecule has 0 aromatic carbocycles. The van der Waals surface area contributed by atoms with Crippen molar-refractivity contribution in [2.75, 3.05) is 0 Å². The predicted molar refractivity (Wildman–Crippen MR) is 46.5 cm³/mol. The van der Waals surface area contributed by atoms with Gasteiger partial charge in [0.25, 0.3) is 6.43 Å². The van der Waals surface area contributed by atoms with Crippen molar-refractivity contribution in [1.29, 1.82) is 5.26 Å². The van der Waals surface area contributed by atoms with Crippen LogP contribution in [0.25, 0.3) is 0 Å². The van der Waals surface area contributed by atoms with Crippen molar-refractivity contribution in [3.63, 3.8) is 0 Å². The Bertz CT molecular complexity index is 382. The Morgan fingerprint density at radius 1 is 1.64 bits per heavy atom. The van der Waals surface area contributed by atoms with E-state index in [1.807, 2.05) is 6.07 Å². The quantitative estimate of drug-likeness (QED) is 0.784. The van der Waals surface area contributed by atoms with E-state index in [0.29, 0.717) is 5.69 Å². The molecule has 0 radical (unpaired) electrons. The number of alkyl halides is 2. The fourth-order valence-electron chi connectivity index (χ4n) is 1.12. The SMILES string of the molecule is Cc1c(C#N)cc(CN)nc1C(F)F. The Hall–Kier alpha value is -1.54. The molecule has 0 aliphatic carbocycles. The molecule has 2 N–H and O–H groups in total. The maximum Gasteiger partial charge on any atom is 0.280 e. The van der Waals surface area contributed by atoms with Gasteiger partial charge >= 0.3 is 0 Å². The molecule has 0 saturated carbocycles. The van der Waals surface area contributed by atoms with E-state index in [1.165, 1.54) is 13.0 Å². The Labute approximate surface area is 80.2 Å². The summed E-state index contributed by atoms with van der Waals surface area (Å²) in [6.45, 7) is 1.50. The largest absolute Gasteiger partial charge is 0.325 e. The third-order valence-electron chi connectivity index (χ3n) is 1.90. The molecule has 0 bridgehead atoms. The van der Waals surface area contributed by atoms with Gasteiger partial charge in [0.1, 0.15) is 5.69 Å². The molecule has 1 aromatic heterocycles. The number of nitriles is 1. The maximum atomic E-state index is 12.4. The van der Waals surface area contributed by atoms with E-state index in [1.54, 1.807) is 0 Å². The Kier molecular flexibility index (Phi) is 3.10. The fraction of sp³-hybridized carbons (Fsp3) is 0.333. The van der Waals surface area contributed by atoms with Gasteiger partial charge in [-0.05, 0) is 18.6 Å². The Balaban J connectivity index is 3.36. The number of nitrogens with two attached hydrogens (primary N) is 1. The summed E-state index contributed by atoms with van der Waals surface area (Å²) in [6, 6.07) is 3.27. The minimum absolute atomic E-state index is 0.0503. The average molecular weight is 197 g/mol. The summed E-state index contributed by atoms with van der Waals surface area (Å²) < 4.78 is 24.9. The van der Waals surface area contributed by atoms with Gasteiger partial charge in [-0.2, -0.15) is 5.26 Å². The second kappa shape index (κ2) is 4.11. The van der Waals surface area contributed by atoms with Crippen LogP contribution < -0.4 is 5.73 Å². The van der Waals surface area contributed by atoms with Gasteiger partial charge < -0.3 is 5.73 Å². The highest BCUT2D eigenvalue weighted by Gasteiger charge is 2.16. The lowest BCUT2D eigenvalue weighted by Crippen LogP contribution is -2.06. The summed E-state index contributed by atoms with van der Waals surface area (Å²) in [5, 5.41) is 8.68. The van der Waals surface area contributed by atoms with E-state index in [9.17, 15) is 8.78 Å². The fourth-order valence-corrected chi connectivity index (χ4v) is 1.12. The highest BCUT2D eigenvalue weighted by Crippen LogP contribution is 2.23. The highest BCUT2D eigenvalue weighted by molar-refractivity contribution is 5.40. The molecule has 1 rings (SSSR count). The van der Waals surface area contributed by atoms with Crippen molar-refractivity contribution >= 4 is 0 Å². The summed E-state index contributed by atoms with van der Waals surface area (Å²) in [6.07, 6.45) is -2.67. The van der Waals surface area contributed by atoms with Crippen LogP contribution in [0, 0.1) is 18.3 Å². The van der Waals surface area contributed by atoms with Crippen LogP contribution in [0.4, 0.5) is 8.78 Å². The molecule has 0 aliphatic rings. The molecule has 1 aromatic rings. The number of halogens is 2. The van der Waals surface area contributed by atoms with E-state index in [2.05, 4.69) is 4.98 Å². The van der Waals surface area contributed by atoms with Gasteiger partial charge in [0.15, 0.2) is 0 Å². The third kappa shape index (κ3) is 1.86. The molecule has 1 heterocycles. The highest BCUT2D eigenvalue weighted by atomic mass is 19.3. The Morgan fingerprint density at radius 3 is 2.71 bits per heavy atom. The van der Waals surface area contributed by atoms with Crippen molar-refractivity contribution in [3.8, 4) is 6.07 Å². The summed E-state index contributed by atoms with van der Waals surface area (Å²) in [7, 11) is 0. The van der Waals surface area contributed by atoms with Crippen LogP contribution in [0.5, 0.6) is 0 Å². The molecule has 0 aliphatic heterocycles. The van der Waals surface area contributed by atoms with E-state index in [0.717, 1.165) is 0 Å². The molecule has 14 heavy (non-hydrogen) atoms. The average Bonchev–Trinajstić information content (AvgIpc) is 2.17. The zero-order chi connectivity index (χ0) is 10.7. The number of aromatic nitrogens is 1. The molecule has 0 unspecified atom stereocenters. The van der Waals surface area contributed by atoms with E-state index in [4.69, 9.17) is 11.0 Å².